The number of aryl methyl sites for hydroxylation is 2. The summed E-state index contributed by atoms with van der Waals surface area (Å²) in [6.45, 7) is 4.92. The molecule has 1 amide bonds. The molecule has 2 N–H and O–H groups in total. The molecule has 0 radical (unpaired) electrons. The molecule has 104 valence electrons. The van der Waals surface area contributed by atoms with E-state index in [4.69, 9.17) is 0 Å². The van der Waals surface area contributed by atoms with Crippen molar-refractivity contribution in [2.45, 2.75) is 26.8 Å². The average molecular weight is 271 g/mol. The number of amides is 1. The molecule has 2 aromatic rings. The first kappa shape index (κ1) is 12.7. The Morgan fingerprint density at radius 3 is 2.85 bits per heavy atom. The Kier molecular flexibility index (Phi) is 2.97. The van der Waals surface area contributed by atoms with Gasteiger partial charge >= 0.3 is 0 Å². The molecule has 0 saturated heterocycles. The molecular formula is C15H17N3O2. The minimum absolute atomic E-state index is 0.00254. The third-order valence-corrected chi connectivity index (χ3v) is 3.83. The van der Waals surface area contributed by atoms with Crippen LogP contribution >= 0.6 is 0 Å². The number of hydrogen-bond donors (Lipinski definition) is 2. The summed E-state index contributed by atoms with van der Waals surface area (Å²) in [6.07, 6.45) is 0.817. The molecule has 0 unspecified atom stereocenters. The lowest BCUT2D eigenvalue weighted by molar-refractivity contribution is 0.0733. The van der Waals surface area contributed by atoms with Crippen molar-refractivity contribution in [2.24, 2.45) is 0 Å². The number of carbonyl (C=O) groups excluding carboxylic acids is 1. The summed E-state index contributed by atoms with van der Waals surface area (Å²) in [5, 5.41) is 16.5. The number of phenols is 1. The Bertz CT molecular complexity index is 656. The highest BCUT2D eigenvalue weighted by molar-refractivity contribution is 5.96. The SMILES string of the molecule is Cc1n[nH]c(C)c1C(=O)N1CCc2ccc(O)cc2C1. The summed E-state index contributed by atoms with van der Waals surface area (Å²) in [7, 11) is 0. The molecule has 0 fully saturated rings. The van der Waals surface area contributed by atoms with Crippen LogP contribution in [0.1, 0.15) is 32.9 Å². The van der Waals surface area contributed by atoms with Crippen molar-refractivity contribution in [3.8, 4) is 5.75 Å². The number of fused-ring (bicyclic) bond motifs is 1. The van der Waals surface area contributed by atoms with E-state index >= 15 is 0 Å². The monoisotopic (exact) mass is 271 g/mol. The smallest absolute Gasteiger partial charge is 0.257 e. The van der Waals surface area contributed by atoms with Gasteiger partial charge in [0.1, 0.15) is 5.75 Å². The highest BCUT2D eigenvalue weighted by Gasteiger charge is 2.25. The van der Waals surface area contributed by atoms with Crippen molar-refractivity contribution in [2.75, 3.05) is 6.54 Å². The molecule has 1 aromatic carbocycles. The van der Waals surface area contributed by atoms with Gasteiger partial charge in [-0.25, -0.2) is 0 Å². The van der Waals surface area contributed by atoms with E-state index in [1.54, 1.807) is 12.1 Å². The summed E-state index contributed by atoms with van der Waals surface area (Å²) in [4.78, 5) is 14.4. The van der Waals surface area contributed by atoms with Crippen LogP contribution in [-0.2, 0) is 13.0 Å². The van der Waals surface area contributed by atoms with E-state index in [0.717, 1.165) is 23.4 Å². The lowest BCUT2D eigenvalue weighted by Gasteiger charge is -2.29. The maximum atomic E-state index is 12.6. The highest BCUT2D eigenvalue weighted by atomic mass is 16.3. The lowest BCUT2D eigenvalue weighted by atomic mass is 9.98. The van der Waals surface area contributed by atoms with E-state index in [1.165, 1.54) is 5.56 Å². The number of carbonyl (C=O) groups is 1. The van der Waals surface area contributed by atoms with Crippen LogP contribution in [0.3, 0.4) is 0 Å². The lowest BCUT2D eigenvalue weighted by Crippen LogP contribution is -2.36. The fourth-order valence-electron chi connectivity index (χ4n) is 2.74. The minimum Gasteiger partial charge on any atom is -0.508 e. The zero-order valence-electron chi connectivity index (χ0n) is 11.6. The molecule has 0 spiro atoms. The van der Waals surface area contributed by atoms with Crippen LogP contribution < -0.4 is 0 Å². The molecule has 20 heavy (non-hydrogen) atoms. The van der Waals surface area contributed by atoms with Gasteiger partial charge in [0.15, 0.2) is 0 Å². The van der Waals surface area contributed by atoms with Crippen LogP contribution in [-0.4, -0.2) is 32.7 Å². The van der Waals surface area contributed by atoms with Gasteiger partial charge in [0.25, 0.3) is 5.91 Å². The first-order valence-corrected chi connectivity index (χ1v) is 6.68. The van der Waals surface area contributed by atoms with Gasteiger partial charge in [0.05, 0.1) is 11.3 Å². The number of nitrogens with zero attached hydrogens (tertiary/aromatic N) is 2. The van der Waals surface area contributed by atoms with Crippen LogP contribution in [0.5, 0.6) is 5.75 Å². The van der Waals surface area contributed by atoms with Gasteiger partial charge in [0, 0.05) is 18.8 Å². The predicted molar refractivity (Wildman–Crippen MR) is 74.6 cm³/mol. The number of rotatable bonds is 1. The zero-order chi connectivity index (χ0) is 14.3. The molecule has 0 bridgehead atoms. The summed E-state index contributed by atoms with van der Waals surface area (Å²) in [5.41, 5.74) is 4.41. The summed E-state index contributed by atoms with van der Waals surface area (Å²) in [6, 6.07) is 5.37. The fourth-order valence-corrected chi connectivity index (χ4v) is 2.74. The standard InChI is InChI=1S/C15H17N3O2/c1-9-14(10(2)17-16-9)15(20)18-6-5-11-3-4-13(19)7-12(11)8-18/h3-4,7,19H,5-6,8H2,1-2H3,(H,16,17). The predicted octanol–water partition coefficient (Wildman–Crippen LogP) is 1.93. The van der Waals surface area contributed by atoms with E-state index in [0.29, 0.717) is 18.7 Å². The van der Waals surface area contributed by atoms with E-state index in [9.17, 15) is 9.90 Å². The maximum absolute atomic E-state index is 12.6. The molecule has 1 aliphatic heterocycles. The van der Waals surface area contributed by atoms with Gasteiger partial charge in [0.2, 0.25) is 0 Å². The summed E-state index contributed by atoms with van der Waals surface area (Å²) >= 11 is 0. The molecule has 0 aliphatic carbocycles. The van der Waals surface area contributed by atoms with Crippen molar-refractivity contribution in [1.82, 2.24) is 15.1 Å². The van der Waals surface area contributed by atoms with E-state index in [2.05, 4.69) is 10.2 Å². The Morgan fingerprint density at radius 1 is 1.35 bits per heavy atom. The van der Waals surface area contributed by atoms with E-state index in [1.807, 2.05) is 24.8 Å². The van der Waals surface area contributed by atoms with Crippen molar-refractivity contribution < 1.29 is 9.90 Å². The number of nitrogens with one attached hydrogen (secondary N) is 1. The van der Waals surface area contributed by atoms with Crippen LogP contribution in [0.25, 0.3) is 0 Å². The minimum atomic E-state index is 0.00254. The zero-order valence-corrected chi connectivity index (χ0v) is 11.6. The third-order valence-electron chi connectivity index (χ3n) is 3.83. The van der Waals surface area contributed by atoms with Crippen molar-refractivity contribution >= 4 is 5.91 Å². The quantitative estimate of drug-likeness (QED) is 0.832. The van der Waals surface area contributed by atoms with Crippen LogP contribution in [0.4, 0.5) is 0 Å². The fraction of sp³-hybridized carbons (Fsp3) is 0.333. The topological polar surface area (TPSA) is 69.2 Å². The first-order valence-electron chi connectivity index (χ1n) is 6.68. The van der Waals surface area contributed by atoms with Gasteiger partial charge in [-0.2, -0.15) is 5.10 Å². The largest absolute Gasteiger partial charge is 0.508 e. The number of aromatic hydroxyl groups is 1. The Hall–Kier alpha value is -2.30. The van der Waals surface area contributed by atoms with Gasteiger partial charge in [-0.15, -0.1) is 0 Å². The Labute approximate surface area is 117 Å². The molecule has 3 rings (SSSR count). The molecule has 1 aliphatic rings. The molecule has 1 aromatic heterocycles. The summed E-state index contributed by atoms with van der Waals surface area (Å²) < 4.78 is 0. The number of aromatic amines is 1. The molecule has 0 atom stereocenters. The number of H-pyrrole nitrogens is 1. The molecular weight excluding hydrogens is 254 g/mol. The van der Waals surface area contributed by atoms with Crippen molar-refractivity contribution in [3.63, 3.8) is 0 Å². The van der Waals surface area contributed by atoms with Crippen molar-refractivity contribution in [1.29, 1.82) is 0 Å². The molecule has 2 heterocycles. The number of benzene rings is 1. The van der Waals surface area contributed by atoms with Gasteiger partial charge < -0.3 is 10.0 Å². The number of aromatic nitrogens is 2. The van der Waals surface area contributed by atoms with Crippen LogP contribution in [0.2, 0.25) is 0 Å². The van der Waals surface area contributed by atoms with Gasteiger partial charge in [-0.1, -0.05) is 6.07 Å². The molecule has 0 saturated carbocycles. The van der Waals surface area contributed by atoms with E-state index < -0.39 is 0 Å². The van der Waals surface area contributed by atoms with E-state index in [-0.39, 0.29) is 11.7 Å². The van der Waals surface area contributed by atoms with Crippen LogP contribution in [0, 0.1) is 13.8 Å². The van der Waals surface area contributed by atoms with Gasteiger partial charge in [-0.05, 0) is 43.5 Å². The Balaban J connectivity index is 1.89. The summed E-state index contributed by atoms with van der Waals surface area (Å²) in [5.74, 6) is 0.247. The Morgan fingerprint density at radius 2 is 2.15 bits per heavy atom. The normalized spacial score (nSPS) is 14.2. The third kappa shape index (κ3) is 2.05. The van der Waals surface area contributed by atoms with Crippen molar-refractivity contribution in [3.05, 3.63) is 46.3 Å². The second-order valence-corrected chi connectivity index (χ2v) is 5.24. The average Bonchev–Trinajstić information content (AvgIpc) is 2.76. The number of hydrogen-bond acceptors (Lipinski definition) is 3. The maximum Gasteiger partial charge on any atom is 0.257 e. The second-order valence-electron chi connectivity index (χ2n) is 5.24. The number of phenolic OH excluding ortho intramolecular Hbond substituents is 1. The molecule has 5 heteroatoms. The first-order chi connectivity index (χ1) is 9.56. The van der Waals surface area contributed by atoms with Gasteiger partial charge in [-0.3, -0.25) is 9.89 Å². The second kappa shape index (κ2) is 4.67. The van der Waals surface area contributed by atoms with Crippen LogP contribution in [0.15, 0.2) is 18.2 Å². The highest BCUT2D eigenvalue weighted by Crippen LogP contribution is 2.25. The molecule has 5 nitrogen and oxygen atoms in total.